The van der Waals surface area contributed by atoms with Crippen LogP contribution in [0, 0.1) is 0 Å². The molecule has 0 aromatic heterocycles. The van der Waals surface area contributed by atoms with E-state index >= 15 is 0 Å². The van der Waals surface area contributed by atoms with Crippen LogP contribution in [0.2, 0.25) is 0 Å². The second kappa shape index (κ2) is 9.69. The van der Waals surface area contributed by atoms with Crippen LogP contribution in [0.15, 0.2) is 65.6 Å². The van der Waals surface area contributed by atoms with Crippen LogP contribution >= 0.6 is 12.4 Å². The van der Waals surface area contributed by atoms with Gasteiger partial charge < -0.3 is 10.2 Å². The predicted molar refractivity (Wildman–Crippen MR) is 137 cm³/mol. The second-order valence-corrected chi connectivity index (χ2v) is 10.5. The zero-order valence-corrected chi connectivity index (χ0v) is 20.6. The highest BCUT2D eigenvalue weighted by molar-refractivity contribution is 7.93. The maximum absolute atomic E-state index is 13.4. The van der Waals surface area contributed by atoms with Gasteiger partial charge in [0.25, 0.3) is 10.0 Å². The van der Waals surface area contributed by atoms with Crippen LogP contribution in [-0.4, -0.2) is 33.6 Å². The normalized spacial score (nSPS) is 19.1. The molecule has 1 aliphatic heterocycles. The first-order valence-electron chi connectivity index (χ1n) is 10.9. The number of fused-ring (bicyclic) bond motifs is 1. The number of benzene rings is 3. The first-order valence-corrected chi connectivity index (χ1v) is 12.4. The summed E-state index contributed by atoms with van der Waals surface area (Å²) < 4.78 is 29.7. The molecule has 3 aromatic carbocycles. The summed E-state index contributed by atoms with van der Waals surface area (Å²) in [5.74, 6) is 0.217. The van der Waals surface area contributed by atoms with Gasteiger partial charge in [-0.2, -0.15) is 0 Å². The van der Waals surface area contributed by atoms with E-state index in [0.717, 1.165) is 35.1 Å². The topological polar surface area (TPSA) is 61.4 Å². The third-order valence-electron chi connectivity index (χ3n) is 5.88. The Labute approximate surface area is 197 Å². The van der Waals surface area contributed by atoms with Gasteiger partial charge in [-0.3, -0.25) is 4.72 Å². The lowest BCUT2D eigenvalue weighted by atomic mass is 10.0. The molecule has 32 heavy (non-hydrogen) atoms. The second-order valence-electron chi connectivity index (χ2n) is 8.85. The quantitative estimate of drug-likeness (QED) is 0.522. The molecular formula is C25H32ClN3O2S. The molecule has 0 radical (unpaired) electrons. The summed E-state index contributed by atoms with van der Waals surface area (Å²) in [4.78, 5) is 2.66. The van der Waals surface area contributed by atoms with E-state index in [0.29, 0.717) is 22.7 Å². The van der Waals surface area contributed by atoms with Gasteiger partial charge in [0.05, 0.1) is 10.6 Å². The van der Waals surface area contributed by atoms with Crippen molar-refractivity contribution < 1.29 is 8.42 Å². The van der Waals surface area contributed by atoms with Gasteiger partial charge in [0.1, 0.15) is 0 Å². The molecule has 172 valence electrons. The summed E-state index contributed by atoms with van der Waals surface area (Å²) in [6.07, 6.45) is 0. The fourth-order valence-corrected chi connectivity index (χ4v) is 5.88. The molecule has 2 N–H and O–H groups in total. The van der Waals surface area contributed by atoms with Crippen molar-refractivity contribution in [2.24, 2.45) is 0 Å². The summed E-state index contributed by atoms with van der Waals surface area (Å²) in [5.41, 5.74) is 2.70. The Kier molecular flexibility index (Phi) is 7.38. The molecule has 5 nitrogen and oxygen atoms in total. The minimum Gasteiger partial charge on any atom is -0.368 e. The van der Waals surface area contributed by atoms with Crippen LogP contribution < -0.4 is 14.9 Å². The Morgan fingerprint density at radius 3 is 2.16 bits per heavy atom. The first-order chi connectivity index (χ1) is 14.8. The van der Waals surface area contributed by atoms with Crippen molar-refractivity contribution in [2.75, 3.05) is 22.7 Å². The number of anilines is 2. The molecular weight excluding hydrogens is 442 g/mol. The molecule has 0 aliphatic carbocycles. The van der Waals surface area contributed by atoms with Gasteiger partial charge in [-0.15, -0.1) is 12.4 Å². The van der Waals surface area contributed by atoms with Crippen LogP contribution in [-0.2, 0) is 10.0 Å². The van der Waals surface area contributed by atoms with Crippen molar-refractivity contribution in [3.63, 3.8) is 0 Å². The average Bonchev–Trinajstić information content (AvgIpc) is 2.72. The summed E-state index contributed by atoms with van der Waals surface area (Å²) in [6.45, 7) is 10.3. The maximum Gasteiger partial charge on any atom is 0.262 e. The number of piperazine rings is 1. The lowest BCUT2D eigenvalue weighted by Gasteiger charge is -2.38. The third kappa shape index (κ3) is 4.87. The van der Waals surface area contributed by atoms with Crippen molar-refractivity contribution >= 4 is 44.6 Å². The molecule has 1 aliphatic rings. The molecule has 1 fully saturated rings. The molecule has 2 unspecified atom stereocenters. The molecule has 4 rings (SSSR count). The summed E-state index contributed by atoms with van der Waals surface area (Å²) >= 11 is 0. The highest BCUT2D eigenvalue weighted by Gasteiger charge is 2.25. The molecule has 7 heteroatoms. The standard InChI is InChI=1S/C25H31N3O2S.ClH/c1-17(2)20-9-7-8-12-23(20)27-31(29,30)25-14-13-24(21-10-5-6-11-22(21)25)28-15-18(3)26-19(4)16-28;/h5-14,17-19,26-27H,15-16H2,1-4H3;1H. The summed E-state index contributed by atoms with van der Waals surface area (Å²) in [7, 11) is -3.75. The molecule has 1 heterocycles. The zero-order valence-electron chi connectivity index (χ0n) is 19.0. The lowest BCUT2D eigenvalue weighted by Crippen LogP contribution is -2.54. The number of hydrogen-bond acceptors (Lipinski definition) is 4. The van der Waals surface area contributed by atoms with Gasteiger partial charge in [0, 0.05) is 41.6 Å². The van der Waals surface area contributed by atoms with Gasteiger partial charge >= 0.3 is 0 Å². The number of halogens is 1. The van der Waals surface area contributed by atoms with Crippen LogP contribution in [0.3, 0.4) is 0 Å². The van der Waals surface area contributed by atoms with Crippen LogP contribution in [0.25, 0.3) is 10.8 Å². The van der Waals surface area contributed by atoms with Crippen LogP contribution in [0.1, 0.15) is 39.2 Å². The Bertz CT molecular complexity index is 1190. The van der Waals surface area contributed by atoms with E-state index in [4.69, 9.17) is 0 Å². The van der Waals surface area contributed by atoms with Gasteiger partial charge in [-0.1, -0.05) is 56.3 Å². The number of nitrogens with zero attached hydrogens (tertiary/aromatic N) is 1. The monoisotopic (exact) mass is 473 g/mol. The first kappa shape index (κ1) is 24.4. The lowest BCUT2D eigenvalue weighted by molar-refractivity contribution is 0.407. The van der Waals surface area contributed by atoms with Gasteiger partial charge in [-0.25, -0.2) is 8.42 Å². The molecule has 3 aromatic rings. The molecule has 0 bridgehead atoms. The number of rotatable bonds is 5. The van der Waals surface area contributed by atoms with E-state index in [1.54, 1.807) is 6.07 Å². The van der Waals surface area contributed by atoms with Crippen molar-refractivity contribution in [1.29, 1.82) is 0 Å². The zero-order chi connectivity index (χ0) is 22.2. The van der Waals surface area contributed by atoms with E-state index in [1.165, 1.54) is 0 Å². The Morgan fingerprint density at radius 2 is 1.50 bits per heavy atom. The largest absolute Gasteiger partial charge is 0.368 e. The van der Waals surface area contributed by atoms with E-state index in [9.17, 15) is 8.42 Å². The highest BCUT2D eigenvalue weighted by Crippen LogP contribution is 2.34. The van der Waals surface area contributed by atoms with Crippen molar-refractivity contribution in [2.45, 2.75) is 50.6 Å². The number of para-hydroxylation sites is 1. The van der Waals surface area contributed by atoms with Gasteiger partial charge in [-0.05, 0) is 43.5 Å². The number of nitrogens with one attached hydrogen (secondary N) is 2. The Hall–Kier alpha value is -2.28. The molecule has 0 amide bonds. The van der Waals surface area contributed by atoms with E-state index < -0.39 is 10.0 Å². The number of sulfonamides is 1. The third-order valence-corrected chi connectivity index (χ3v) is 7.30. The summed E-state index contributed by atoms with van der Waals surface area (Å²) in [6, 6.07) is 19.8. The van der Waals surface area contributed by atoms with Crippen LogP contribution in [0.4, 0.5) is 11.4 Å². The summed E-state index contributed by atoms with van der Waals surface area (Å²) in [5, 5.41) is 5.26. The maximum atomic E-state index is 13.4. The highest BCUT2D eigenvalue weighted by atomic mass is 35.5. The van der Waals surface area contributed by atoms with Crippen molar-refractivity contribution in [3.05, 3.63) is 66.2 Å². The van der Waals surface area contributed by atoms with Crippen molar-refractivity contribution in [3.8, 4) is 0 Å². The smallest absolute Gasteiger partial charge is 0.262 e. The van der Waals surface area contributed by atoms with Crippen molar-refractivity contribution in [1.82, 2.24) is 5.32 Å². The molecule has 0 saturated carbocycles. The SMILES string of the molecule is CC1CN(c2ccc(S(=O)(=O)Nc3ccccc3C(C)C)c3ccccc23)CC(C)N1.Cl. The average molecular weight is 474 g/mol. The fourth-order valence-electron chi connectivity index (χ4n) is 4.58. The molecule has 2 atom stereocenters. The van der Waals surface area contributed by atoms with Gasteiger partial charge in [0.15, 0.2) is 0 Å². The number of hydrogen-bond donors (Lipinski definition) is 2. The van der Waals surface area contributed by atoms with E-state index in [1.807, 2.05) is 54.6 Å². The van der Waals surface area contributed by atoms with Crippen LogP contribution in [0.5, 0.6) is 0 Å². The Morgan fingerprint density at radius 1 is 0.906 bits per heavy atom. The minimum atomic E-state index is -3.75. The van der Waals surface area contributed by atoms with Gasteiger partial charge in [0.2, 0.25) is 0 Å². The molecule has 0 spiro atoms. The van der Waals surface area contributed by atoms with E-state index in [-0.39, 0.29) is 18.3 Å². The Balaban J connectivity index is 0.00000289. The fraction of sp³-hybridized carbons (Fsp3) is 0.360. The predicted octanol–water partition coefficient (Wildman–Crippen LogP) is 5.37. The minimum absolute atomic E-state index is 0. The molecule has 1 saturated heterocycles. The van der Waals surface area contributed by atoms with E-state index in [2.05, 4.69) is 42.6 Å².